The first-order valence-corrected chi connectivity index (χ1v) is 10.1. The van der Waals surface area contributed by atoms with Crippen LogP contribution in [0, 0.1) is 0 Å². The fraction of sp³-hybridized carbons (Fsp3) is 0.632. The van der Waals surface area contributed by atoms with Crippen LogP contribution in [0.5, 0.6) is 0 Å². The Labute approximate surface area is 168 Å². The zero-order valence-corrected chi connectivity index (χ0v) is 17.7. The number of amides is 2. The Morgan fingerprint density at radius 2 is 2.07 bits per heavy atom. The lowest BCUT2D eigenvalue weighted by Gasteiger charge is -2.42. The van der Waals surface area contributed by atoms with Crippen molar-refractivity contribution in [3.63, 3.8) is 0 Å². The van der Waals surface area contributed by atoms with Crippen molar-refractivity contribution in [2.24, 2.45) is 0 Å². The number of ether oxygens (including phenoxy) is 1. The lowest BCUT2D eigenvalue weighted by molar-refractivity contribution is -0.116. The monoisotopic (exact) mass is 438 g/mol. The molecule has 1 N–H and O–H groups in total. The van der Waals surface area contributed by atoms with E-state index in [9.17, 15) is 9.59 Å². The first-order valence-electron chi connectivity index (χ1n) is 9.31. The van der Waals surface area contributed by atoms with Crippen LogP contribution < -0.4 is 5.32 Å². The predicted molar refractivity (Wildman–Crippen MR) is 107 cm³/mol. The van der Waals surface area contributed by atoms with Gasteiger partial charge in [0.2, 0.25) is 5.91 Å². The summed E-state index contributed by atoms with van der Waals surface area (Å²) in [7, 11) is 0. The van der Waals surface area contributed by atoms with E-state index in [1.54, 1.807) is 12.3 Å². The minimum atomic E-state index is -0.483. The number of nitrogens with one attached hydrogen (secondary N) is 1. The lowest BCUT2D eigenvalue weighted by atomic mass is 10.1. The minimum Gasteiger partial charge on any atom is -0.444 e. The molecule has 1 saturated heterocycles. The summed E-state index contributed by atoms with van der Waals surface area (Å²) in [5.74, 6) is 0.489. The van der Waals surface area contributed by atoms with Crippen LogP contribution in [-0.2, 0) is 9.53 Å². The fourth-order valence-electron chi connectivity index (χ4n) is 3.36. The molecule has 1 aromatic heterocycles. The Morgan fingerprint density at radius 1 is 1.33 bits per heavy atom. The summed E-state index contributed by atoms with van der Waals surface area (Å²) >= 11 is 3.37. The van der Waals surface area contributed by atoms with Crippen molar-refractivity contribution in [2.75, 3.05) is 31.5 Å². The topological polar surface area (TPSA) is 74.8 Å². The highest BCUT2D eigenvalue weighted by Gasteiger charge is 2.54. The summed E-state index contributed by atoms with van der Waals surface area (Å²) in [4.78, 5) is 33.0. The normalized spacial score (nSPS) is 19.0. The van der Waals surface area contributed by atoms with E-state index in [0.29, 0.717) is 25.3 Å². The molecule has 1 spiro atoms. The van der Waals surface area contributed by atoms with E-state index in [-0.39, 0.29) is 17.5 Å². The van der Waals surface area contributed by atoms with Crippen molar-refractivity contribution in [1.82, 2.24) is 14.8 Å². The van der Waals surface area contributed by atoms with E-state index in [1.165, 1.54) is 0 Å². The molecule has 2 fully saturated rings. The molecule has 0 aromatic carbocycles. The van der Waals surface area contributed by atoms with Gasteiger partial charge in [-0.05, 0) is 45.7 Å². The van der Waals surface area contributed by atoms with Gasteiger partial charge in [-0.3, -0.25) is 14.6 Å². The van der Waals surface area contributed by atoms with Gasteiger partial charge >= 0.3 is 6.09 Å². The van der Waals surface area contributed by atoms with Crippen LogP contribution in [0.2, 0.25) is 0 Å². The SMILES string of the molecule is CC(C)(C)OC(=O)N1CCN(CCC(=O)Nc2cc(Br)ccn2)CC12CC2. The van der Waals surface area contributed by atoms with E-state index in [2.05, 4.69) is 31.1 Å². The lowest BCUT2D eigenvalue weighted by Crippen LogP contribution is -2.58. The number of carbonyl (C=O) groups is 2. The molecule has 1 saturated carbocycles. The van der Waals surface area contributed by atoms with Gasteiger partial charge in [0.1, 0.15) is 11.4 Å². The molecular formula is C19H27BrN4O3. The minimum absolute atomic E-state index is 0.0555. The molecule has 8 heteroatoms. The zero-order valence-electron chi connectivity index (χ0n) is 16.1. The first-order chi connectivity index (χ1) is 12.7. The molecule has 0 bridgehead atoms. The summed E-state index contributed by atoms with van der Waals surface area (Å²) < 4.78 is 6.43. The maximum Gasteiger partial charge on any atom is 0.410 e. The average Bonchev–Trinajstić information content (AvgIpc) is 3.30. The van der Waals surface area contributed by atoms with E-state index < -0.39 is 5.60 Å². The quantitative estimate of drug-likeness (QED) is 0.780. The summed E-state index contributed by atoms with van der Waals surface area (Å²) in [5.41, 5.74) is -0.592. The van der Waals surface area contributed by atoms with Crippen LogP contribution in [0.25, 0.3) is 0 Å². The number of halogens is 1. The Balaban J connectivity index is 1.48. The summed E-state index contributed by atoms with van der Waals surface area (Å²) in [5, 5.41) is 2.82. The van der Waals surface area contributed by atoms with Gasteiger partial charge in [-0.2, -0.15) is 0 Å². The molecule has 7 nitrogen and oxygen atoms in total. The zero-order chi connectivity index (χ0) is 19.7. The third-order valence-corrected chi connectivity index (χ3v) is 5.31. The van der Waals surface area contributed by atoms with Crippen molar-refractivity contribution in [2.45, 2.75) is 51.2 Å². The van der Waals surface area contributed by atoms with Gasteiger partial charge in [0.05, 0.1) is 5.54 Å². The average molecular weight is 439 g/mol. The number of hydrogen-bond donors (Lipinski definition) is 1. The molecule has 1 aliphatic heterocycles. The van der Waals surface area contributed by atoms with Gasteiger partial charge in [0, 0.05) is 43.3 Å². The van der Waals surface area contributed by atoms with Gasteiger partial charge in [0.15, 0.2) is 0 Å². The highest BCUT2D eigenvalue weighted by molar-refractivity contribution is 9.10. The third-order valence-electron chi connectivity index (χ3n) is 4.82. The number of hydrogen-bond acceptors (Lipinski definition) is 5. The number of anilines is 1. The van der Waals surface area contributed by atoms with Crippen LogP contribution in [0.3, 0.4) is 0 Å². The van der Waals surface area contributed by atoms with Gasteiger partial charge in [-0.25, -0.2) is 9.78 Å². The van der Waals surface area contributed by atoms with Crippen LogP contribution in [0.4, 0.5) is 10.6 Å². The van der Waals surface area contributed by atoms with Crippen LogP contribution in [0.15, 0.2) is 22.8 Å². The number of rotatable bonds is 4. The van der Waals surface area contributed by atoms with E-state index in [4.69, 9.17) is 4.74 Å². The number of aromatic nitrogens is 1. The molecule has 1 aliphatic carbocycles. The largest absolute Gasteiger partial charge is 0.444 e. The van der Waals surface area contributed by atoms with Crippen molar-refractivity contribution in [1.29, 1.82) is 0 Å². The van der Waals surface area contributed by atoms with Crippen molar-refractivity contribution >= 4 is 33.7 Å². The Morgan fingerprint density at radius 3 is 2.70 bits per heavy atom. The molecule has 2 amide bonds. The number of piperazine rings is 1. The number of nitrogens with zero attached hydrogens (tertiary/aromatic N) is 3. The summed E-state index contributed by atoms with van der Waals surface area (Å²) in [6.45, 7) is 8.53. The second-order valence-corrected chi connectivity index (χ2v) is 9.21. The Hall–Kier alpha value is -1.67. The number of pyridine rings is 1. The van der Waals surface area contributed by atoms with E-state index >= 15 is 0 Å². The van der Waals surface area contributed by atoms with E-state index in [1.807, 2.05) is 31.7 Å². The molecule has 27 heavy (non-hydrogen) atoms. The molecule has 148 valence electrons. The third kappa shape index (κ3) is 5.42. The Kier molecular flexibility index (Phi) is 5.76. The molecule has 0 radical (unpaired) electrons. The Bertz CT molecular complexity index is 715. The van der Waals surface area contributed by atoms with Crippen LogP contribution in [-0.4, -0.2) is 64.1 Å². The smallest absolute Gasteiger partial charge is 0.410 e. The molecule has 0 atom stereocenters. The molecule has 3 rings (SSSR count). The maximum atomic E-state index is 12.5. The predicted octanol–water partition coefficient (Wildman–Crippen LogP) is 3.26. The first kappa shape index (κ1) is 20.1. The van der Waals surface area contributed by atoms with Crippen molar-refractivity contribution in [3.8, 4) is 0 Å². The highest BCUT2D eigenvalue weighted by Crippen LogP contribution is 2.44. The molecule has 2 heterocycles. The molecular weight excluding hydrogens is 412 g/mol. The van der Waals surface area contributed by atoms with Crippen molar-refractivity contribution < 1.29 is 14.3 Å². The van der Waals surface area contributed by atoms with Gasteiger partial charge in [-0.15, -0.1) is 0 Å². The van der Waals surface area contributed by atoms with Gasteiger partial charge in [0.25, 0.3) is 0 Å². The number of carbonyl (C=O) groups excluding carboxylic acids is 2. The molecule has 2 aliphatic rings. The maximum absolute atomic E-state index is 12.5. The molecule has 1 aromatic rings. The van der Waals surface area contributed by atoms with Gasteiger partial charge < -0.3 is 10.1 Å². The summed E-state index contributed by atoms with van der Waals surface area (Å²) in [6, 6.07) is 3.59. The second kappa shape index (κ2) is 7.75. The highest BCUT2D eigenvalue weighted by atomic mass is 79.9. The van der Waals surface area contributed by atoms with E-state index in [0.717, 1.165) is 30.4 Å². The van der Waals surface area contributed by atoms with Crippen LogP contribution >= 0.6 is 15.9 Å². The van der Waals surface area contributed by atoms with Crippen molar-refractivity contribution in [3.05, 3.63) is 22.8 Å². The second-order valence-electron chi connectivity index (χ2n) is 8.29. The van der Waals surface area contributed by atoms with Gasteiger partial charge in [-0.1, -0.05) is 15.9 Å². The molecule has 0 unspecified atom stereocenters. The van der Waals surface area contributed by atoms with Crippen LogP contribution in [0.1, 0.15) is 40.0 Å². The standard InChI is InChI=1S/C19H27BrN4O3/c1-18(2,3)27-17(26)24-11-10-23(13-19(24)6-7-19)9-5-16(25)22-15-12-14(20)4-8-21-15/h4,8,12H,5-7,9-11,13H2,1-3H3,(H,21,22,25). The fourth-order valence-corrected chi connectivity index (χ4v) is 3.70. The summed E-state index contributed by atoms with van der Waals surface area (Å²) in [6.07, 6.45) is 3.81.